The lowest BCUT2D eigenvalue weighted by Gasteiger charge is -2.58. The van der Waals surface area contributed by atoms with Gasteiger partial charge in [0.1, 0.15) is 17.9 Å². The van der Waals surface area contributed by atoms with Crippen molar-refractivity contribution in [3.05, 3.63) is 77.4 Å². The molecule has 9 atom stereocenters. The summed E-state index contributed by atoms with van der Waals surface area (Å²) >= 11 is 0. The van der Waals surface area contributed by atoms with Crippen LogP contribution in [0.5, 0.6) is 5.75 Å². The van der Waals surface area contributed by atoms with Gasteiger partial charge >= 0.3 is 11.9 Å². The minimum Gasteiger partial charge on any atom is -0.457 e. The molecule has 0 aromatic heterocycles. The summed E-state index contributed by atoms with van der Waals surface area (Å²) in [6, 6.07) is 11.8. The van der Waals surface area contributed by atoms with Crippen molar-refractivity contribution in [1.29, 1.82) is 0 Å². The van der Waals surface area contributed by atoms with Gasteiger partial charge in [-0.25, -0.2) is 4.79 Å². The fraction of sp³-hybridized carbons (Fsp3) is 0.535. The number of carbonyl (C=O) groups excluding carboxylic acids is 4. The molecule has 7 rings (SSSR count). The Morgan fingerprint density at radius 2 is 1.84 bits per heavy atom. The highest BCUT2D eigenvalue weighted by Gasteiger charge is 2.65. The number of ether oxygens (including phenoxy) is 4. The third-order valence-corrected chi connectivity index (χ3v) is 12.6. The molecule has 0 bridgehead atoms. The molecule has 0 saturated heterocycles. The van der Waals surface area contributed by atoms with Crippen LogP contribution in [0.25, 0.3) is 0 Å². The molecule has 0 radical (unpaired) electrons. The Morgan fingerprint density at radius 3 is 2.62 bits per heavy atom. The minimum absolute atomic E-state index is 0.00570. The van der Waals surface area contributed by atoms with Gasteiger partial charge in [0.05, 0.1) is 35.9 Å². The van der Waals surface area contributed by atoms with Gasteiger partial charge in [0.25, 0.3) is 0 Å². The molecule has 4 aliphatic carbocycles. The summed E-state index contributed by atoms with van der Waals surface area (Å²) in [5.74, 6) is -2.98. The average Bonchev–Trinajstić information content (AvgIpc) is 3.41. The number of cyclic esters (lactones) is 1. The third kappa shape index (κ3) is 7.44. The van der Waals surface area contributed by atoms with Crippen molar-refractivity contribution in [3.63, 3.8) is 0 Å². The van der Waals surface area contributed by atoms with E-state index in [1.807, 2.05) is 19.9 Å². The van der Waals surface area contributed by atoms with E-state index in [1.54, 1.807) is 62.4 Å². The molecular formula is C43H50N2O10. The number of rotatable bonds is 11. The van der Waals surface area contributed by atoms with E-state index in [1.165, 1.54) is 6.07 Å². The largest absolute Gasteiger partial charge is 0.457 e. The smallest absolute Gasteiger partial charge is 0.345 e. The third-order valence-electron chi connectivity index (χ3n) is 12.6. The molecule has 9 unspecified atom stereocenters. The van der Waals surface area contributed by atoms with Gasteiger partial charge in [0.2, 0.25) is 5.79 Å². The fourth-order valence-corrected chi connectivity index (χ4v) is 10.3. The zero-order valence-electron chi connectivity index (χ0n) is 32.0. The van der Waals surface area contributed by atoms with E-state index in [0.29, 0.717) is 48.4 Å². The molecule has 1 aliphatic heterocycles. The Kier molecular flexibility index (Phi) is 10.5. The quantitative estimate of drug-likeness (QED) is 0.138. The summed E-state index contributed by atoms with van der Waals surface area (Å²) in [6.45, 7) is 8.89. The van der Waals surface area contributed by atoms with Crippen LogP contribution in [-0.4, -0.2) is 64.6 Å². The molecule has 12 nitrogen and oxygen atoms in total. The lowest BCUT2D eigenvalue weighted by molar-refractivity contribution is -0.170. The van der Waals surface area contributed by atoms with Crippen LogP contribution in [0.3, 0.4) is 0 Å². The maximum atomic E-state index is 14.2. The first kappa shape index (κ1) is 38.7. The lowest BCUT2D eigenvalue weighted by atomic mass is 9.46. The van der Waals surface area contributed by atoms with E-state index in [-0.39, 0.29) is 41.3 Å². The Morgan fingerprint density at radius 1 is 1.05 bits per heavy atom. The fourth-order valence-electron chi connectivity index (χ4n) is 10.3. The number of aliphatic hydroxyl groups excluding tert-OH is 2. The number of aliphatic hydroxyl groups is 2. The summed E-state index contributed by atoms with van der Waals surface area (Å²) in [5, 5.41) is 31.3. The molecule has 292 valence electrons. The monoisotopic (exact) mass is 754 g/mol. The Bertz CT molecular complexity index is 1970. The number of allylic oxidation sites excluding steroid dienone is 4. The molecule has 2 aromatic carbocycles. The summed E-state index contributed by atoms with van der Waals surface area (Å²) in [4.78, 5) is 52.3. The standard InChI is InChI=1S/C43H50N2O10/c1-6-9-36(49)53-35-21-30-28-14-12-25-19-27(46)16-17-42(25,4)38(28)32(47)22-43(30,5)39(35)33(48)23-52-37(50)18-24-10-7-8-11-31(24)45-44-26-13-15-34-29(20-26)40(51)55-41(2,3)54-34/h7-8,10-11,13,15-17,19-20,28,30,32,35-36,38-39,47,49H,6,9,12,14,18,21-23H2,1-5H3/b45-44+. The molecule has 3 fully saturated rings. The first-order chi connectivity index (χ1) is 26.1. The number of nitrogens with zero attached hydrogens (tertiary/aromatic N) is 2. The predicted octanol–water partition coefficient (Wildman–Crippen LogP) is 7.05. The van der Waals surface area contributed by atoms with Gasteiger partial charge in [-0.3, -0.25) is 14.4 Å². The number of ketones is 2. The first-order valence-electron chi connectivity index (χ1n) is 19.3. The molecule has 2 aromatic rings. The highest BCUT2D eigenvalue weighted by atomic mass is 16.7. The van der Waals surface area contributed by atoms with Gasteiger partial charge in [-0.2, -0.15) is 10.2 Å². The van der Waals surface area contributed by atoms with Gasteiger partial charge in [-0.15, -0.1) is 0 Å². The van der Waals surface area contributed by atoms with Crippen molar-refractivity contribution in [2.24, 2.45) is 44.7 Å². The summed E-state index contributed by atoms with van der Waals surface area (Å²) in [5.41, 5.74) is 1.46. The van der Waals surface area contributed by atoms with Crippen molar-refractivity contribution in [2.75, 3.05) is 6.61 Å². The molecule has 5 aliphatic rings. The van der Waals surface area contributed by atoms with Crippen LogP contribution in [-0.2, 0) is 35.0 Å². The van der Waals surface area contributed by atoms with Crippen LogP contribution in [0.2, 0.25) is 0 Å². The molecule has 0 spiro atoms. The molecule has 0 amide bonds. The van der Waals surface area contributed by atoms with Crippen molar-refractivity contribution in [2.45, 2.75) is 104 Å². The molecule has 55 heavy (non-hydrogen) atoms. The second-order valence-corrected chi connectivity index (χ2v) is 16.6. The van der Waals surface area contributed by atoms with Crippen LogP contribution in [0.1, 0.15) is 89.1 Å². The topological polar surface area (TPSA) is 170 Å². The van der Waals surface area contributed by atoms with Gasteiger partial charge < -0.3 is 29.2 Å². The van der Waals surface area contributed by atoms with Gasteiger partial charge in [0, 0.05) is 25.2 Å². The number of hydrogen-bond acceptors (Lipinski definition) is 12. The van der Waals surface area contributed by atoms with E-state index in [9.17, 15) is 29.4 Å². The van der Waals surface area contributed by atoms with Gasteiger partial charge in [-0.1, -0.05) is 57.0 Å². The maximum Gasteiger partial charge on any atom is 0.345 e. The van der Waals surface area contributed by atoms with Crippen LogP contribution in [0, 0.1) is 34.5 Å². The Balaban J connectivity index is 1.05. The van der Waals surface area contributed by atoms with Crippen molar-refractivity contribution >= 4 is 34.9 Å². The van der Waals surface area contributed by atoms with Crippen LogP contribution >= 0.6 is 0 Å². The van der Waals surface area contributed by atoms with Crippen LogP contribution in [0.15, 0.2) is 76.5 Å². The summed E-state index contributed by atoms with van der Waals surface area (Å²) in [7, 11) is 0. The number of Topliss-reactive ketones (excluding diaryl/α,β-unsaturated/α-hetero) is 1. The summed E-state index contributed by atoms with van der Waals surface area (Å²) in [6.07, 6.45) is 6.15. The number of benzene rings is 2. The highest BCUT2D eigenvalue weighted by molar-refractivity contribution is 6.01. The average molecular weight is 755 g/mol. The van der Waals surface area contributed by atoms with E-state index in [0.717, 1.165) is 18.4 Å². The molecule has 2 N–H and O–H groups in total. The molecule has 12 heteroatoms. The number of carbonyl (C=O) groups is 4. The van der Waals surface area contributed by atoms with Crippen LogP contribution in [0.4, 0.5) is 11.4 Å². The van der Waals surface area contributed by atoms with Crippen molar-refractivity contribution < 1.29 is 48.3 Å². The van der Waals surface area contributed by atoms with Crippen molar-refractivity contribution in [3.8, 4) is 5.75 Å². The van der Waals surface area contributed by atoms with E-state index >= 15 is 0 Å². The SMILES string of the molecule is CCCC(O)OC1CC2C3CCC4=CC(=O)C=CC4(C)C3C(O)CC2(C)C1C(=O)COC(=O)Cc1ccccc1/N=N/c1ccc2c(c1)C(=O)OC(C)(C)O2. The van der Waals surface area contributed by atoms with Crippen molar-refractivity contribution in [1.82, 2.24) is 0 Å². The van der Waals surface area contributed by atoms with E-state index < -0.39 is 59.6 Å². The zero-order valence-corrected chi connectivity index (χ0v) is 32.0. The van der Waals surface area contributed by atoms with Crippen LogP contribution < -0.4 is 4.74 Å². The summed E-state index contributed by atoms with van der Waals surface area (Å²) < 4.78 is 22.9. The van der Waals surface area contributed by atoms with E-state index in [4.69, 9.17) is 18.9 Å². The Hall–Kier alpha value is -4.52. The molecule has 3 saturated carbocycles. The Labute approximate surface area is 321 Å². The highest BCUT2D eigenvalue weighted by Crippen LogP contribution is 2.66. The molecular weight excluding hydrogens is 704 g/mol. The maximum absolute atomic E-state index is 14.2. The predicted molar refractivity (Wildman–Crippen MR) is 200 cm³/mol. The lowest BCUT2D eigenvalue weighted by Crippen LogP contribution is -2.56. The van der Waals surface area contributed by atoms with Gasteiger partial charge in [0.15, 0.2) is 17.9 Å². The molecule has 1 heterocycles. The number of azo groups is 1. The number of fused-ring (bicyclic) bond motifs is 6. The normalized spacial score (nSPS) is 32.3. The number of esters is 2. The first-order valence-corrected chi connectivity index (χ1v) is 19.3. The zero-order chi connectivity index (χ0) is 39.3. The second kappa shape index (κ2) is 14.9. The van der Waals surface area contributed by atoms with Gasteiger partial charge in [-0.05, 0) is 91.3 Å². The minimum atomic E-state index is -1.08. The van der Waals surface area contributed by atoms with E-state index in [2.05, 4.69) is 17.2 Å². The second-order valence-electron chi connectivity index (χ2n) is 16.6. The number of hydrogen-bond donors (Lipinski definition) is 2.